The highest BCUT2D eigenvalue weighted by Crippen LogP contribution is 2.23. The molecule has 0 unspecified atom stereocenters. The Bertz CT molecular complexity index is 674. The Morgan fingerprint density at radius 3 is 2.67 bits per heavy atom. The van der Waals surface area contributed by atoms with Crippen LogP contribution < -0.4 is 10.5 Å². The Morgan fingerprint density at radius 1 is 1.19 bits per heavy atom. The molecule has 2 rings (SSSR count). The summed E-state index contributed by atoms with van der Waals surface area (Å²) in [5.41, 5.74) is 7.06. The van der Waals surface area contributed by atoms with E-state index in [0.29, 0.717) is 32.6 Å². The fourth-order valence-electron chi connectivity index (χ4n) is 1.74. The number of anilines is 1. The van der Waals surface area contributed by atoms with E-state index in [2.05, 4.69) is 0 Å². The molecule has 0 atom stereocenters. The van der Waals surface area contributed by atoms with Gasteiger partial charge in [0.2, 0.25) is 0 Å². The monoisotopic (exact) mass is 325 g/mol. The van der Waals surface area contributed by atoms with Crippen molar-refractivity contribution >= 4 is 34.9 Å². The van der Waals surface area contributed by atoms with Gasteiger partial charge in [-0.05, 0) is 30.3 Å². The molecule has 0 heterocycles. The summed E-state index contributed by atoms with van der Waals surface area (Å²) in [6, 6.07) is 9.65. The molecule has 0 saturated heterocycles. The molecule has 4 nitrogen and oxygen atoms in total. The van der Waals surface area contributed by atoms with Gasteiger partial charge in [-0.2, -0.15) is 0 Å². The number of benzene rings is 2. The van der Waals surface area contributed by atoms with Crippen molar-refractivity contribution in [3.05, 3.63) is 57.6 Å². The van der Waals surface area contributed by atoms with Crippen molar-refractivity contribution in [2.45, 2.75) is 6.61 Å². The molecule has 2 aromatic rings. The zero-order chi connectivity index (χ0) is 15.4. The largest absolute Gasteiger partial charge is 0.497 e. The number of rotatable bonds is 4. The second kappa shape index (κ2) is 6.70. The van der Waals surface area contributed by atoms with Gasteiger partial charge in [0.1, 0.15) is 12.4 Å². The van der Waals surface area contributed by atoms with Gasteiger partial charge in [-0.15, -0.1) is 0 Å². The van der Waals surface area contributed by atoms with Gasteiger partial charge in [0, 0.05) is 27.4 Å². The summed E-state index contributed by atoms with van der Waals surface area (Å²) in [4.78, 5) is 12.0. The van der Waals surface area contributed by atoms with Crippen LogP contribution in [0.2, 0.25) is 10.0 Å². The van der Waals surface area contributed by atoms with E-state index in [-0.39, 0.29) is 6.61 Å². The van der Waals surface area contributed by atoms with Crippen molar-refractivity contribution in [3.63, 3.8) is 0 Å². The van der Waals surface area contributed by atoms with Crippen LogP contribution in [0.5, 0.6) is 5.75 Å². The van der Waals surface area contributed by atoms with Crippen molar-refractivity contribution in [2.75, 3.05) is 12.8 Å². The smallest absolute Gasteiger partial charge is 0.338 e. The number of ether oxygens (including phenoxy) is 2. The quantitative estimate of drug-likeness (QED) is 0.683. The molecule has 0 bridgehead atoms. The molecule has 110 valence electrons. The molecule has 2 N–H and O–H groups in total. The molecule has 0 saturated carbocycles. The van der Waals surface area contributed by atoms with E-state index in [1.807, 2.05) is 0 Å². The maximum Gasteiger partial charge on any atom is 0.338 e. The van der Waals surface area contributed by atoms with Gasteiger partial charge in [-0.25, -0.2) is 4.79 Å². The second-order valence-electron chi connectivity index (χ2n) is 4.31. The number of esters is 1. The van der Waals surface area contributed by atoms with Crippen LogP contribution in [0.3, 0.4) is 0 Å². The first-order chi connectivity index (χ1) is 9.99. The van der Waals surface area contributed by atoms with Crippen LogP contribution in [0, 0.1) is 0 Å². The van der Waals surface area contributed by atoms with Crippen LogP contribution in [0.4, 0.5) is 5.69 Å². The molecular formula is C15H13Cl2NO3. The predicted octanol–water partition coefficient (Wildman–Crippen LogP) is 3.94. The van der Waals surface area contributed by atoms with Gasteiger partial charge in [-0.1, -0.05) is 23.2 Å². The fourth-order valence-corrected chi connectivity index (χ4v) is 2.11. The highest BCUT2D eigenvalue weighted by molar-refractivity contribution is 6.33. The van der Waals surface area contributed by atoms with Crippen molar-refractivity contribution in [1.29, 1.82) is 0 Å². The maximum atomic E-state index is 12.0. The SMILES string of the molecule is COc1cc(N)cc(C(=O)OCc2cc(Cl)ccc2Cl)c1. The third-order valence-corrected chi connectivity index (χ3v) is 3.37. The lowest BCUT2D eigenvalue weighted by Crippen LogP contribution is -2.06. The minimum Gasteiger partial charge on any atom is -0.497 e. The average Bonchev–Trinajstić information content (AvgIpc) is 2.47. The van der Waals surface area contributed by atoms with E-state index in [1.165, 1.54) is 13.2 Å². The molecule has 0 aromatic heterocycles. The number of methoxy groups -OCH3 is 1. The lowest BCUT2D eigenvalue weighted by atomic mass is 10.2. The van der Waals surface area contributed by atoms with Crippen LogP contribution in [-0.4, -0.2) is 13.1 Å². The Labute approximate surface area is 132 Å². The number of carbonyl (C=O) groups is 1. The van der Waals surface area contributed by atoms with Gasteiger partial charge < -0.3 is 15.2 Å². The molecule has 2 aromatic carbocycles. The summed E-state index contributed by atoms with van der Waals surface area (Å²) < 4.78 is 10.3. The first-order valence-electron chi connectivity index (χ1n) is 6.05. The molecule has 0 aliphatic rings. The van der Waals surface area contributed by atoms with Crippen molar-refractivity contribution in [2.24, 2.45) is 0 Å². The Kier molecular flexibility index (Phi) is 4.94. The number of carbonyl (C=O) groups excluding carboxylic acids is 1. The van der Waals surface area contributed by atoms with E-state index in [9.17, 15) is 4.79 Å². The highest BCUT2D eigenvalue weighted by Gasteiger charge is 2.11. The summed E-state index contributed by atoms with van der Waals surface area (Å²) in [6.45, 7) is 0.0232. The highest BCUT2D eigenvalue weighted by atomic mass is 35.5. The number of hydrogen-bond acceptors (Lipinski definition) is 4. The molecular weight excluding hydrogens is 313 g/mol. The number of nitrogens with two attached hydrogens (primary N) is 1. The molecule has 0 fully saturated rings. The minimum atomic E-state index is -0.517. The van der Waals surface area contributed by atoms with Gasteiger partial charge in [-0.3, -0.25) is 0 Å². The van der Waals surface area contributed by atoms with Gasteiger partial charge in [0.15, 0.2) is 0 Å². The summed E-state index contributed by atoms with van der Waals surface area (Å²) in [5, 5.41) is 1.01. The van der Waals surface area contributed by atoms with Crippen LogP contribution in [0.15, 0.2) is 36.4 Å². The third-order valence-electron chi connectivity index (χ3n) is 2.77. The van der Waals surface area contributed by atoms with E-state index < -0.39 is 5.97 Å². The molecule has 0 amide bonds. The Morgan fingerprint density at radius 2 is 1.95 bits per heavy atom. The lowest BCUT2D eigenvalue weighted by Gasteiger charge is -2.09. The lowest BCUT2D eigenvalue weighted by molar-refractivity contribution is 0.0472. The predicted molar refractivity (Wildman–Crippen MR) is 83.0 cm³/mol. The normalized spacial score (nSPS) is 10.2. The van der Waals surface area contributed by atoms with E-state index in [0.717, 1.165) is 0 Å². The van der Waals surface area contributed by atoms with Crippen molar-refractivity contribution < 1.29 is 14.3 Å². The zero-order valence-corrected chi connectivity index (χ0v) is 12.7. The maximum absolute atomic E-state index is 12.0. The number of halogens is 2. The molecule has 0 aliphatic carbocycles. The van der Waals surface area contributed by atoms with Crippen LogP contribution in [0.1, 0.15) is 15.9 Å². The molecule has 21 heavy (non-hydrogen) atoms. The van der Waals surface area contributed by atoms with Crippen LogP contribution in [-0.2, 0) is 11.3 Å². The first-order valence-corrected chi connectivity index (χ1v) is 6.81. The van der Waals surface area contributed by atoms with Crippen LogP contribution >= 0.6 is 23.2 Å². The number of hydrogen-bond donors (Lipinski definition) is 1. The average molecular weight is 326 g/mol. The van der Waals surface area contributed by atoms with Gasteiger partial charge >= 0.3 is 5.97 Å². The standard InChI is InChI=1S/C15H13Cl2NO3/c1-20-13-6-9(5-12(18)7-13)15(19)21-8-10-4-11(16)2-3-14(10)17/h2-7H,8,18H2,1H3. The van der Waals surface area contributed by atoms with E-state index in [4.69, 9.17) is 38.4 Å². The summed E-state index contributed by atoms with van der Waals surface area (Å²) in [5.74, 6) is -0.0284. The Hall–Kier alpha value is -1.91. The topological polar surface area (TPSA) is 61.5 Å². The molecule has 0 spiro atoms. The van der Waals surface area contributed by atoms with E-state index in [1.54, 1.807) is 30.3 Å². The van der Waals surface area contributed by atoms with Crippen molar-refractivity contribution in [3.8, 4) is 5.75 Å². The van der Waals surface area contributed by atoms with Crippen molar-refractivity contribution in [1.82, 2.24) is 0 Å². The summed E-state index contributed by atoms with van der Waals surface area (Å²) in [7, 11) is 1.50. The third kappa shape index (κ3) is 4.03. The zero-order valence-electron chi connectivity index (χ0n) is 11.2. The van der Waals surface area contributed by atoms with Gasteiger partial charge in [0.05, 0.1) is 12.7 Å². The molecule has 0 aliphatic heterocycles. The van der Waals surface area contributed by atoms with Gasteiger partial charge in [0.25, 0.3) is 0 Å². The first kappa shape index (κ1) is 15.5. The summed E-state index contributed by atoms with van der Waals surface area (Å²) >= 11 is 11.9. The van der Waals surface area contributed by atoms with Crippen LogP contribution in [0.25, 0.3) is 0 Å². The molecule has 0 radical (unpaired) electrons. The minimum absolute atomic E-state index is 0.0232. The summed E-state index contributed by atoms with van der Waals surface area (Å²) in [6.07, 6.45) is 0. The molecule has 6 heteroatoms. The fraction of sp³-hybridized carbons (Fsp3) is 0.133. The Balaban J connectivity index is 2.11. The van der Waals surface area contributed by atoms with E-state index >= 15 is 0 Å². The second-order valence-corrected chi connectivity index (χ2v) is 5.15. The number of nitrogen functional groups attached to an aromatic ring is 1.